The van der Waals surface area contributed by atoms with Crippen LogP contribution in [0.25, 0.3) is 27.5 Å². The molecule has 5 aromatic rings. The Morgan fingerprint density at radius 2 is 1.67 bits per heavy atom. The van der Waals surface area contributed by atoms with Crippen molar-refractivity contribution < 1.29 is 4.79 Å². The van der Waals surface area contributed by atoms with Crippen LogP contribution in [0.2, 0.25) is 0 Å². The lowest BCUT2D eigenvalue weighted by molar-refractivity contribution is 0.0769. The van der Waals surface area contributed by atoms with Crippen molar-refractivity contribution in [1.29, 1.82) is 0 Å². The Morgan fingerprint density at radius 3 is 2.51 bits per heavy atom. The van der Waals surface area contributed by atoms with Crippen LogP contribution in [0.15, 0.2) is 79.0 Å². The van der Waals surface area contributed by atoms with Gasteiger partial charge in [-0.3, -0.25) is 4.79 Å². The fraction of sp³-hybridized carbons (Fsp3) is 0.312. The number of nitrogens with zero attached hydrogens (tertiary/aromatic N) is 6. The van der Waals surface area contributed by atoms with E-state index in [9.17, 15) is 4.79 Å². The molecule has 2 aromatic heterocycles. The number of carbonyl (C=O) groups is 1. The molecule has 7 nitrogen and oxygen atoms in total. The lowest BCUT2D eigenvalue weighted by atomic mass is 10.0. The molecular formula is C32H34N6O. The van der Waals surface area contributed by atoms with Gasteiger partial charge in [0.25, 0.3) is 5.91 Å². The van der Waals surface area contributed by atoms with Crippen molar-refractivity contribution in [3.05, 3.63) is 90.4 Å². The van der Waals surface area contributed by atoms with E-state index in [1.807, 2.05) is 76.4 Å². The van der Waals surface area contributed by atoms with Gasteiger partial charge in [0.15, 0.2) is 5.65 Å². The summed E-state index contributed by atoms with van der Waals surface area (Å²) in [5.74, 6) is 2.11. The second-order valence-electron chi connectivity index (χ2n) is 10.4. The number of anilines is 1. The first-order valence-electron chi connectivity index (χ1n) is 14.0. The SMILES string of the molecule is CCCC(C)c1nc(N2CCCN(C(=O)c3cccc4ccccc34)CC2)c2cnn(-c3ccccc3)c2n1. The van der Waals surface area contributed by atoms with E-state index in [4.69, 9.17) is 15.1 Å². The summed E-state index contributed by atoms with van der Waals surface area (Å²) in [4.78, 5) is 28.1. The molecule has 0 spiro atoms. The van der Waals surface area contributed by atoms with Crippen LogP contribution < -0.4 is 4.90 Å². The van der Waals surface area contributed by atoms with Crippen LogP contribution in [0.1, 0.15) is 55.2 Å². The highest BCUT2D eigenvalue weighted by molar-refractivity contribution is 6.07. The monoisotopic (exact) mass is 518 g/mol. The smallest absolute Gasteiger partial charge is 0.254 e. The van der Waals surface area contributed by atoms with E-state index in [0.29, 0.717) is 13.1 Å². The van der Waals surface area contributed by atoms with E-state index in [2.05, 4.69) is 30.9 Å². The number of hydrogen-bond acceptors (Lipinski definition) is 5. The molecule has 3 heterocycles. The minimum Gasteiger partial charge on any atom is -0.354 e. The summed E-state index contributed by atoms with van der Waals surface area (Å²) in [5.41, 5.74) is 2.58. The van der Waals surface area contributed by atoms with Gasteiger partial charge in [-0.25, -0.2) is 14.6 Å². The van der Waals surface area contributed by atoms with Gasteiger partial charge < -0.3 is 9.80 Å². The molecule has 0 aliphatic carbocycles. The Bertz CT molecular complexity index is 1610. The Morgan fingerprint density at radius 1 is 0.872 bits per heavy atom. The molecule has 1 amide bonds. The molecule has 1 fully saturated rings. The van der Waals surface area contributed by atoms with Crippen LogP contribution >= 0.6 is 0 Å². The molecule has 7 heteroatoms. The summed E-state index contributed by atoms with van der Waals surface area (Å²) >= 11 is 0. The molecule has 6 rings (SSSR count). The summed E-state index contributed by atoms with van der Waals surface area (Å²) in [5, 5.41) is 7.77. The number of aromatic nitrogens is 4. The van der Waals surface area contributed by atoms with Gasteiger partial charge in [0, 0.05) is 37.7 Å². The summed E-state index contributed by atoms with van der Waals surface area (Å²) in [6.45, 7) is 7.28. The number of para-hydroxylation sites is 1. The molecule has 0 saturated carbocycles. The number of carbonyl (C=O) groups excluding carboxylic acids is 1. The number of amides is 1. The Kier molecular flexibility index (Phi) is 6.97. The largest absolute Gasteiger partial charge is 0.354 e. The van der Waals surface area contributed by atoms with Gasteiger partial charge in [-0.2, -0.15) is 5.10 Å². The second kappa shape index (κ2) is 10.8. The molecule has 0 bridgehead atoms. The Balaban J connectivity index is 1.33. The third kappa shape index (κ3) is 4.85. The summed E-state index contributed by atoms with van der Waals surface area (Å²) in [7, 11) is 0. The van der Waals surface area contributed by atoms with Crippen LogP contribution in [0, 0.1) is 0 Å². The number of benzene rings is 3. The van der Waals surface area contributed by atoms with Gasteiger partial charge in [-0.15, -0.1) is 0 Å². The summed E-state index contributed by atoms with van der Waals surface area (Å²) in [6, 6.07) is 24.2. The van der Waals surface area contributed by atoms with E-state index in [0.717, 1.165) is 77.1 Å². The number of fused-ring (bicyclic) bond motifs is 2. The van der Waals surface area contributed by atoms with Gasteiger partial charge in [-0.05, 0) is 41.8 Å². The highest BCUT2D eigenvalue weighted by Gasteiger charge is 2.25. The second-order valence-corrected chi connectivity index (χ2v) is 10.4. The zero-order valence-corrected chi connectivity index (χ0v) is 22.6. The van der Waals surface area contributed by atoms with Crippen molar-refractivity contribution in [2.24, 2.45) is 0 Å². The van der Waals surface area contributed by atoms with Crippen LogP contribution in [0.5, 0.6) is 0 Å². The van der Waals surface area contributed by atoms with Gasteiger partial charge in [0.05, 0.1) is 17.3 Å². The normalized spacial score (nSPS) is 15.0. The minimum atomic E-state index is 0.0932. The molecule has 1 saturated heterocycles. The van der Waals surface area contributed by atoms with E-state index >= 15 is 0 Å². The first-order chi connectivity index (χ1) is 19.1. The van der Waals surface area contributed by atoms with E-state index in [1.165, 1.54) is 0 Å². The number of rotatable bonds is 6. The predicted molar refractivity (Wildman–Crippen MR) is 157 cm³/mol. The van der Waals surface area contributed by atoms with Crippen molar-refractivity contribution in [2.75, 3.05) is 31.1 Å². The first kappa shape index (κ1) is 25.0. The van der Waals surface area contributed by atoms with E-state index in [1.54, 1.807) is 0 Å². The molecule has 1 atom stereocenters. The van der Waals surface area contributed by atoms with Gasteiger partial charge >= 0.3 is 0 Å². The molecule has 198 valence electrons. The fourth-order valence-corrected chi connectivity index (χ4v) is 5.61. The summed E-state index contributed by atoms with van der Waals surface area (Å²) in [6.07, 6.45) is 4.85. The lowest BCUT2D eigenvalue weighted by Gasteiger charge is -2.24. The van der Waals surface area contributed by atoms with Crippen molar-refractivity contribution in [3.63, 3.8) is 0 Å². The maximum Gasteiger partial charge on any atom is 0.254 e. The van der Waals surface area contributed by atoms with Crippen LogP contribution in [-0.4, -0.2) is 56.7 Å². The molecule has 1 aliphatic rings. The van der Waals surface area contributed by atoms with Gasteiger partial charge in [0.2, 0.25) is 0 Å². The molecular weight excluding hydrogens is 484 g/mol. The molecule has 3 aromatic carbocycles. The van der Waals surface area contributed by atoms with Crippen molar-refractivity contribution >= 4 is 33.5 Å². The standard InChI is InChI=1S/C32H34N6O/c1-3-11-23(2)29-34-30(28-22-33-38(31(28)35-29)25-14-5-4-6-15-25)36-18-10-19-37(21-20-36)32(39)27-17-9-13-24-12-7-8-16-26(24)27/h4-9,12-17,22-23H,3,10-11,18-21H2,1-2H3. The van der Waals surface area contributed by atoms with Crippen LogP contribution in [-0.2, 0) is 0 Å². The molecule has 0 N–H and O–H groups in total. The van der Waals surface area contributed by atoms with Gasteiger partial charge in [0.1, 0.15) is 11.6 Å². The highest BCUT2D eigenvalue weighted by Crippen LogP contribution is 2.30. The topological polar surface area (TPSA) is 67.2 Å². The highest BCUT2D eigenvalue weighted by atomic mass is 16.2. The van der Waals surface area contributed by atoms with Crippen molar-refractivity contribution in [1.82, 2.24) is 24.6 Å². The molecule has 39 heavy (non-hydrogen) atoms. The van der Waals surface area contributed by atoms with Crippen LogP contribution in [0.3, 0.4) is 0 Å². The maximum absolute atomic E-state index is 13.7. The third-order valence-corrected chi connectivity index (χ3v) is 7.69. The van der Waals surface area contributed by atoms with Crippen molar-refractivity contribution in [3.8, 4) is 5.69 Å². The average Bonchev–Trinajstić information content (AvgIpc) is 3.26. The lowest BCUT2D eigenvalue weighted by Crippen LogP contribution is -2.35. The average molecular weight is 519 g/mol. The Hall–Kier alpha value is -4.26. The van der Waals surface area contributed by atoms with Crippen molar-refractivity contribution in [2.45, 2.75) is 39.0 Å². The molecule has 1 unspecified atom stereocenters. The minimum absolute atomic E-state index is 0.0932. The Labute approximate surface area is 229 Å². The van der Waals surface area contributed by atoms with Crippen LogP contribution in [0.4, 0.5) is 5.82 Å². The maximum atomic E-state index is 13.7. The van der Waals surface area contributed by atoms with E-state index < -0.39 is 0 Å². The zero-order valence-electron chi connectivity index (χ0n) is 22.6. The predicted octanol–water partition coefficient (Wildman–Crippen LogP) is 6.22. The molecule has 1 aliphatic heterocycles. The van der Waals surface area contributed by atoms with Gasteiger partial charge in [-0.1, -0.05) is 74.9 Å². The number of hydrogen-bond donors (Lipinski definition) is 0. The quantitative estimate of drug-likeness (QED) is 0.267. The first-order valence-corrected chi connectivity index (χ1v) is 14.0. The summed E-state index contributed by atoms with van der Waals surface area (Å²) < 4.78 is 1.91. The van der Waals surface area contributed by atoms with E-state index in [-0.39, 0.29) is 11.8 Å². The fourth-order valence-electron chi connectivity index (χ4n) is 5.61. The zero-order chi connectivity index (χ0) is 26.8. The third-order valence-electron chi connectivity index (χ3n) is 7.69. The molecule has 0 radical (unpaired) electrons.